The summed E-state index contributed by atoms with van der Waals surface area (Å²) in [6.07, 6.45) is 0.726. The molecule has 0 aromatic heterocycles. The molecule has 0 saturated carbocycles. The van der Waals surface area contributed by atoms with Crippen LogP contribution in [-0.4, -0.2) is 38.4 Å². The summed E-state index contributed by atoms with van der Waals surface area (Å²) >= 11 is 2.30. The van der Waals surface area contributed by atoms with E-state index in [-0.39, 0.29) is 0 Å². The van der Waals surface area contributed by atoms with E-state index in [4.69, 9.17) is 9.47 Å². The van der Waals surface area contributed by atoms with E-state index in [0.717, 1.165) is 32.0 Å². The third kappa shape index (κ3) is 4.40. The highest BCUT2D eigenvalue weighted by Gasteiger charge is 2.25. The lowest BCUT2D eigenvalue weighted by atomic mass is 10.2. The average Bonchev–Trinajstić information content (AvgIpc) is 2.30. The number of quaternary nitrogens is 1. The van der Waals surface area contributed by atoms with E-state index in [1.165, 1.54) is 3.57 Å². The highest BCUT2D eigenvalue weighted by molar-refractivity contribution is 14.1. The number of rotatable bonds is 4. The molecule has 0 unspecified atom stereocenters. The summed E-state index contributed by atoms with van der Waals surface area (Å²) < 4.78 is 12.7. The third-order valence-electron chi connectivity index (χ3n) is 3.15. The molecule has 0 radical (unpaired) electrons. The SMILES string of the molecule is C[C@H]1C[NH+](CCOc2ccc(I)cc2)C[C@H](C)O1. The van der Waals surface area contributed by atoms with Crippen LogP contribution in [-0.2, 0) is 4.74 Å². The number of nitrogens with one attached hydrogen (secondary N) is 1. The van der Waals surface area contributed by atoms with Gasteiger partial charge in [0.25, 0.3) is 0 Å². The fourth-order valence-corrected chi connectivity index (χ4v) is 2.80. The summed E-state index contributed by atoms with van der Waals surface area (Å²) in [4.78, 5) is 1.58. The molecule has 0 spiro atoms. The maximum Gasteiger partial charge on any atom is 0.137 e. The lowest BCUT2D eigenvalue weighted by Crippen LogP contribution is -3.16. The number of morpholine rings is 1. The number of halogens is 1. The molecule has 2 rings (SSSR count). The fraction of sp³-hybridized carbons (Fsp3) is 0.571. The monoisotopic (exact) mass is 362 g/mol. The van der Waals surface area contributed by atoms with Crippen molar-refractivity contribution in [1.29, 1.82) is 0 Å². The van der Waals surface area contributed by atoms with E-state index >= 15 is 0 Å². The van der Waals surface area contributed by atoms with Crippen molar-refractivity contribution in [3.63, 3.8) is 0 Å². The maximum atomic E-state index is 5.77. The number of benzene rings is 1. The van der Waals surface area contributed by atoms with Crippen molar-refractivity contribution in [1.82, 2.24) is 0 Å². The summed E-state index contributed by atoms with van der Waals surface area (Å²) in [5.41, 5.74) is 0. The van der Waals surface area contributed by atoms with E-state index in [0.29, 0.717) is 12.2 Å². The minimum absolute atomic E-state index is 0.363. The normalized spacial score (nSPS) is 28.1. The van der Waals surface area contributed by atoms with Crippen LogP contribution in [0.5, 0.6) is 5.75 Å². The van der Waals surface area contributed by atoms with Gasteiger partial charge in [0.1, 0.15) is 44.2 Å². The zero-order valence-electron chi connectivity index (χ0n) is 11.0. The first-order valence-corrected chi connectivity index (χ1v) is 7.59. The van der Waals surface area contributed by atoms with Gasteiger partial charge >= 0.3 is 0 Å². The minimum Gasteiger partial charge on any atom is -0.488 e. The van der Waals surface area contributed by atoms with Crippen LogP contribution in [0.1, 0.15) is 13.8 Å². The van der Waals surface area contributed by atoms with Crippen LogP contribution in [0.2, 0.25) is 0 Å². The molecule has 1 aliphatic rings. The molecule has 1 fully saturated rings. The molecule has 2 atom stereocenters. The van der Waals surface area contributed by atoms with Crippen LogP contribution in [0.15, 0.2) is 24.3 Å². The maximum absolute atomic E-state index is 5.77. The standard InChI is InChI=1S/C14H20INO2/c1-11-9-16(10-12(2)18-11)7-8-17-14-5-3-13(15)4-6-14/h3-6,11-12H,7-10H2,1-2H3/p+1/t11-,12-/m0/s1. The molecule has 18 heavy (non-hydrogen) atoms. The predicted molar refractivity (Wildman–Crippen MR) is 80.2 cm³/mol. The van der Waals surface area contributed by atoms with Gasteiger partial charge in [-0.25, -0.2) is 0 Å². The molecule has 1 aliphatic heterocycles. The van der Waals surface area contributed by atoms with Crippen molar-refractivity contribution in [2.24, 2.45) is 0 Å². The Bertz CT molecular complexity index is 359. The first kappa shape index (κ1) is 14.1. The highest BCUT2D eigenvalue weighted by atomic mass is 127. The van der Waals surface area contributed by atoms with E-state index in [9.17, 15) is 0 Å². The van der Waals surface area contributed by atoms with E-state index in [1.807, 2.05) is 12.1 Å². The van der Waals surface area contributed by atoms with Crippen LogP contribution in [0, 0.1) is 3.57 Å². The molecular formula is C14H21INO2+. The molecule has 1 aromatic rings. The Morgan fingerprint density at radius 1 is 1.22 bits per heavy atom. The third-order valence-corrected chi connectivity index (χ3v) is 3.87. The second-order valence-electron chi connectivity index (χ2n) is 4.97. The van der Waals surface area contributed by atoms with Gasteiger partial charge in [-0.15, -0.1) is 0 Å². The molecule has 1 aromatic carbocycles. The Balaban J connectivity index is 1.73. The summed E-state index contributed by atoms with van der Waals surface area (Å²) in [6.45, 7) is 8.28. The Labute approximate surface area is 123 Å². The largest absolute Gasteiger partial charge is 0.488 e. The van der Waals surface area contributed by atoms with Crippen LogP contribution < -0.4 is 9.64 Å². The van der Waals surface area contributed by atoms with Crippen molar-refractivity contribution >= 4 is 22.6 Å². The second kappa shape index (κ2) is 6.73. The van der Waals surface area contributed by atoms with E-state index in [1.54, 1.807) is 4.90 Å². The summed E-state index contributed by atoms with van der Waals surface area (Å²) in [6, 6.07) is 8.20. The minimum atomic E-state index is 0.363. The fourth-order valence-electron chi connectivity index (χ4n) is 2.44. The summed E-state index contributed by atoms with van der Waals surface area (Å²) in [5.74, 6) is 0.962. The van der Waals surface area contributed by atoms with Crippen molar-refractivity contribution < 1.29 is 14.4 Å². The first-order chi connectivity index (χ1) is 8.63. The molecule has 1 heterocycles. The molecule has 4 heteroatoms. The van der Waals surface area contributed by atoms with Crippen LogP contribution in [0.3, 0.4) is 0 Å². The van der Waals surface area contributed by atoms with Crippen LogP contribution in [0.4, 0.5) is 0 Å². The van der Waals surface area contributed by atoms with Gasteiger partial charge in [-0.1, -0.05) is 0 Å². The predicted octanol–water partition coefficient (Wildman–Crippen LogP) is 1.36. The molecule has 1 N–H and O–H groups in total. The van der Waals surface area contributed by atoms with Gasteiger partial charge in [-0.05, 0) is 60.7 Å². The first-order valence-electron chi connectivity index (χ1n) is 6.51. The molecule has 100 valence electrons. The van der Waals surface area contributed by atoms with Gasteiger partial charge in [0.15, 0.2) is 0 Å². The lowest BCUT2D eigenvalue weighted by molar-refractivity contribution is -0.915. The molecule has 0 amide bonds. The molecule has 3 nitrogen and oxygen atoms in total. The van der Waals surface area contributed by atoms with Crippen molar-refractivity contribution in [2.45, 2.75) is 26.1 Å². The number of hydrogen-bond donors (Lipinski definition) is 1. The van der Waals surface area contributed by atoms with Gasteiger partial charge in [0.05, 0.1) is 0 Å². The smallest absolute Gasteiger partial charge is 0.137 e. The Kier molecular flexibility index (Phi) is 5.26. The van der Waals surface area contributed by atoms with Gasteiger partial charge in [-0.2, -0.15) is 0 Å². The lowest BCUT2D eigenvalue weighted by Gasteiger charge is -2.32. The molecule has 0 aliphatic carbocycles. The zero-order valence-corrected chi connectivity index (χ0v) is 13.1. The number of hydrogen-bond acceptors (Lipinski definition) is 2. The van der Waals surface area contributed by atoms with Crippen molar-refractivity contribution in [3.8, 4) is 5.75 Å². The van der Waals surface area contributed by atoms with Crippen molar-refractivity contribution in [3.05, 3.63) is 27.8 Å². The molecular weight excluding hydrogens is 341 g/mol. The van der Waals surface area contributed by atoms with Gasteiger partial charge < -0.3 is 14.4 Å². The second-order valence-corrected chi connectivity index (χ2v) is 6.21. The summed E-state index contributed by atoms with van der Waals surface area (Å²) in [5, 5.41) is 0. The van der Waals surface area contributed by atoms with Crippen LogP contribution >= 0.6 is 22.6 Å². The van der Waals surface area contributed by atoms with Crippen LogP contribution in [0.25, 0.3) is 0 Å². The topological polar surface area (TPSA) is 22.9 Å². The molecule has 0 bridgehead atoms. The zero-order chi connectivity index (χ0) is 13.0. The van der Waals surface area contributed by atoms with E-state index < -0.39 is 0 Å². The quantitative estimate of drug-likeness (QED) is 0.818. The number of ether oxygens (including phenoxy) is 2. The van der Waals surface area contributed by atoms with Gasteiger partial charge in [-0.3, -0.25) is 0 Å². The Hall–Kier alpha value is -0.330. The highest BCUT2D eigenvalue weighted by Crippen LogP contribution is 2.12. The summed E-state index contributed by atoms with van der Waals surface area (Å²) in [7, 11) is 0. The Morgan fingerprint density at radius 2 is 1.83 bits per heavy atom. The van der Waals surface area contributed by atoms with E-state index in [2.05, 4.69) is 48.6 Å². The van der Waals surface area contributed by atoms with Gasteiger partial charge in [0, 0.05) is 3.57 Å². The Morgan fingerprint density at radius 3 is 2.44 bits per heavy atom. The average molecular weight is 362 g/mol. The van der Waals surface area contributed by atoms with Gasteiger partial charge in [0.2, 0.25) is 0 Å². The van der Waals surface area contributed by atoms with Crippen molar-refractivity contribution in [2.75, 3.05) is 26.2 Å². The molecule has 1 saturated heterocycles.